The van der Waals surface area contributed by atoms with Gasteiger partial charge in [-0.15, -0.1) is 0 Å². The molecule has 1 N–H and O–H groups in total. The molecule has 100 valence electrons. The Morgan fingerprint density at radius 1 is 1.22 bits per heavy atom. The van der Waals surface area contributed by atoms with Crippen LogP contribution in [0.5, 0.6) is 0 Å². The Morgan fingerprint density at radius 3 is 2.61 bits per heavy atom. The first-order valence-electron chi connectivity index (χ1n) is 6.74. The van der Waals surface area contributed by atoms with Gasteiger partial charge >= 0.3 is 0 Å². The van der Waals surface area contributed by atoms with Crippen molar-refractivity contribution in [1.82, 2.24) is 5.32 Å². The molecule has 0 aromatic heterocycles. The number of halogens is 2. The number of hydrogen-bond donors (Lipinski definition) is 1. The van der Waals surface area contributed by atoms with Gasteiger partial charge in [-0.2, -0.15) is 8.78 Å². The highest BCUT2D eigenvalue weighted by Gasteiger charge is 2.32. The molecule has 0 saturated heterocycles. The van der Waals surface area contributed by atoms with Gasteiger partial charge in [0.25, 0.3) is 5.92 Å². The molecule has 18 heavy (non-hydrogen) atoms. The van der Waals surface area contributed by atoms with Gasteiger partial charge in [-0.1, -0.05) is 50.1 Å². The molecule has 1 aliphatic carbocycles. The van der Waals surface area contributed by atoms with E-state index in [1.54, 1.807) is 18.2 Å². The Kier molecular flexibility index (Phi) is 4.33. The van der Waals surface area contributed by atoms with Crippen LogP contribution in [0.3, 0.4) is 0 Å². The lowest BCUT2D eigenvalue weighted by atomic mass is 9.87. The summed E-state index contributed by atoms with van der Waals surface area (Å²) in [5, 5.41) is 3.04. The summed E-state index contributed by atoms with van der Waals surface area (Å²) < 4.78 is 27.9. The summed E-state index contributed by atoms with van der Waals surface area (Å²) in [6, 6.07) is 8.31. The van der Waals surface area contributed by atoms with E-state index in [1.165, 1.54) is 18.6 Å². The molecule has 1 fully saturated rings. The summed E-state index contributed by atoms with van der Waals surface area (Å²) in [5.41, 5.74) is 0.0985. The second-order valence-electron chi connectivity index (χ2n) is 5.42. The maximum atomic E-state index is 13.9. The van der Waals surface area contributed by atoms with Gasteiger partial charge in [-0.3, -0.25) is 0 Å². The molecule has 0 bridgehead atoms. The number of hydrogen-bond acceptors (Lipinski definition) is 1. The minimum absolute atomic E-state index is 0.0985. The van der Waals surface area contributed by atoms with Gasteiger partial charge in [0.1, 0.15) is 0 Å². The van der Waals surface area contributed by atoms with E-state index in [-0.39, 0.29) is 18.2 Å². The molecule has 1 aromatic carbocycles. The van der Waals surface area contributed by atoms with Crippen molar-refractivity contribution in [3.8, 4) is 0 Å². The van der Waals surface area contributed by atoms with Crippen LogP contribution in [-0.2, 0) is 5.92 Å². The molecule has 1 aliphatic rings. The van der Waals surface area contributed by atoms with Crippen LogP contribution in [0.25, 0.3) is 0 Å². The van der Waals surface area contributed by atoms with Crippen molar-refractivity contribution in [2.24, 2.45) is 5.92 Å². The number of alkyl halides is 2. The van der Waals surface area contributed by atoms with E-state index in [4.69, 9.17) is 0 Å². The molecule has 0 spiro atoms. The third-order valence-electron chi connectivity index (χ3n) is 3.75. The van der Waals surface area contributed by atoms with E-state index in [9.17, 15) is 8.78 Å². The van der Waals surface area contributed by atoms with Crippen molar-refractivity contribution in [3.05, 3.63) is 35.9 Å². The van der Waals surface area contributed by atoms with Crippen molar-refractivity contribution in [2.75, 3.05) is 6.54 Å². The first-order valence-corrected chi connectivity index (χ1v) is 6.74. The largest absolute Gasteiger partial charge is 0.308 e. The fourth-order valence-corrected chi connectivity index (χ4v) is 2.68. The van der Waals surface area contributed by atoms with Crippen molar-refractivity contribution < 1.29 is 8.78 Å². The van der Waals surface area contributed by atoms with Crippen LogP contribution in [0.4, 0.5) is 8.78 Å². The van der Waals surface area contributed by atoms with Gasteiger partial charge in [0.15, 0.2) is 0 Å². The lowest BCUT2D eigenvalue weighted by Gasteiger charge is -2.29. The summed E-state index contributed by atoms with van der Waals surface area (Å²) in [4.78, 5) is 0. The summed E-state index contributed by atoms with van der Waals surface area (Å²) in [5.74, 6) is -2.12. The van der Waals surface area contributed by atoms with E-state index >= 15 is 0 Å². The van der Waals surface area contributed by atoms with Gasteiger partial charge in [-0.05, 0) is 18.8 Å². The average Bonchev–Trinajstić information content (AvgIpc) is 2.38. The summed E-state index contributed by atoms with van der Waals surface area (Å²) in [7, 11) is 0. The molecule has 0 aliphatic heterocycles. The highest BCUT2D eigenvalue weighted by Crippen LogP contribution is 2.28. The molecule has 1 aromatic rings. The van der Waals surface area contributed by atoms with Crippen molar-refractivity contribution in [1.29, 1.82) is 0 Å². The van der Waals surface area contributed by atoms with Gasteiger partial charge in [0.05, 0.1) is 6.54 Å². The van der Waals surface area contributed by atoms with E-state index < -0.39 is 5.92 Å². The summed E-state index contributed by atoms with van der Waals surface area (Å²) >= 11 is 0. The van der Waals surface area contributed by atoms with Gasteiger partial charge in [0.2, 0.25) is 0 Å². The monoisotopic (exact) mass is 253 g/mol. The first-order chi connectivity index (χ1) is 8.58. The van der Waals surface area contributed by atoms with Crippen molar-refractivity contribution in [2.45, 2.75) is 44.6 Å². The maximum absolute atomic E-state index is 13.9. The third kappa shape index (κ3) is 3.52. The van der Waals surface area contributed by atoms with Gasteiger partial charge in [0, 0.05) is 11.6 Å². The van der Waals surface area contributed by atoms with Crippen LogP contribution >= 0.6 is 0 Å². The average molecular weight is 253 g/mol. The predicted octanol–water partition coefficient (Wildman–Crippen LogP) is 3.95. The normalized spacial score (nSPS) is 25.1. The minimum atomic E-state index is -2.78. The standard InChI is InChI=1S/C15H21F2N/c1-12-6-5-9-14(10-12)18-11-15(16,17)13-7-3-2-4-8-13/h2-4,7-8,12,14,18H,5-6,9-11H2,1H3. The lowest BCUT2D eigenvalue weighted by Crippen LogP contribution is -2.40. The lowest BCUT2D eigenvalue weighted by molar-refractivity contribution is -0.00740. The topological polar surface area (TPSA) is 12.0 Å². The van der Waals surface area contributed by atoms with E-state index in [2.05, 4.69) is 12.2 Å². The van der Waals surface area contributed by atoms with Gasteiger partial charge in [-0.25, -0.2) is 0 Å². The van der Waals surface area contributed by atoms with Gasteiger partial charge < -0.3 is 5.32 Å². The molecule has 1 saturated carbocycles. The zero-order chi connectivity index (χ0) is 13.0. The SMILES string of the molecule is CC1CCCC(NCC(F)(F)c2ccccc2)C1. The molecule has 2 unspecified atom stereocenters. The van der Waals surface area contributed by atoms with Crippen LogP contribution in [0.1, 0.15) is 38.2 Å². The third-order valence-corrected chi connectivity index (χ3v) is 3.75. The molecular weight excluding hydrogens is 232 g/mol. The summed E-state index contributed by atoms with van der Waals surface area (Å²) in [6.45, 7) is 1.94. The molecule has 1 nitrogen and oxygen atoms in total. The smallest absolute Gasteiger partial charge is 0.285 e. The zero-order valence-electron chi connectivity index (χ0n) is 10.8. The Bertz CT molecular complexity index is 364. The Balaban J connectivity index is 1.89. The van der Waals surface area contributed by atoms with E-state index in [0.29, 0.717) is 5.92 Å². The fraction of sp³-hybridized carbons (Fsp3) is 0.600. The molecule has 3 heteroatoms. The van der Waals surface area contributed by atoms with Crippen LogP contribution < -0.4 is 5.32 Å². The van der Waals surface area contributed by atoms with Crippen LogP contribution in [0.2, 0.25) is 0 Å². The van der Waals surface area contributed by atoms with Crippen LogP contribution in [0.15, 0.2) is 30.3 Å². The fourth-order valence-electron chi connectivity index (χ4n) is 2.68. The molecule has 0 heterocycles. The van der Waals surface area contributed by atoms with Crippen LogP contribution in [-0.4, -0.2) is 12.6 Å². The Morgan fingerprint density at radius 2 is 1.94 bits per heavy atom. The number of benzene rings is 1. The Hall–Kier alpha value is -0.960. The highest BCUT2D eigenvalue weighted by molar-refractivity contribution is 5.20. The zero-order valence-corrected chi connectivity index (χ0v) is 10.8. The summed E-state index contributed by atoms with van der Waals surface area (Å²) in [6.07, 6.45) is 4.42. The second-order valence-corrected chi connectivity index (χ2v) is 5.42. The molecule has 2 rings (SSSR count). The molecule has 0 amide bonds. The van der Waals surface area contributed by atoms with Crippen molar-refractivity contribution >= 4 is 0 Å². The highest BCUT2D eigenvalue weighted by atomic mass is 19.3. The molecular formula is C15H21F2N. The second kappa shape index (κ2) is 5.79. The van der Waals surface area contributed by atoms with E-state index in [0.717, 1.165) is 19.3 Å². The van der Waals surface area contributed by atoms with Crippen LogP contribution in [0, 0.1) is 5.92 Å². The predicted molar refractivity (Wildman–Crippen MR) is 69.8 cm³/mol. The Labute approximate surface area is 108 Å². The molecule has 0 radical (unpaired) electrons. The minimum Gasteiger partial charge on any atom is -0.308 e. The quantitative estimate of drug-likeness (QED) is 0.856. The number of nitrogens with one attached hydrogen (secondary N) is 1. The van der Waals surface area contributed by atoms with Crippen molar-refractivity contribution in [3.63, 3.8) is 0 Å². The molecule has 2 atom stereocenters. The number of rotatable bonds is 4. The first kappa shape index (κ1) is 13.5. The van der Waals surface area contributed by atoms with E-state index in [1.807, 2.05) is 0 Å². The maximum Gasteiger partial charge on any atom is 0.285 e.